The van der Waals surface area contributed by atoms with E-state index in [0.29, 0.717) is 12.4 Å². The number of carbonyl (C=O) groups is 1. The number of amides is 1. The van der Waals surface area contributed by atoms with Crippen LogP contribution in [0.15, 0.2) is 31.0 Å². The highest BCUT2D eigenvalue weighted by molar-refractivity contribution is 5.79. The Bertz CT molecular complexity index is 583. The fourth-order valence-electron chi connectivity index (χ4n) is 1.76. The smallest absolute Gasteiger partial charge is 0.244 e. The van der Waals surface area contributed by atoms with Gasteiger partial charge in [-0.25, -0.2) is 14.6 Å². The average Bonchev–Trinajstić information content (AvgIpc) is 2.98. The molecule has 1 atom stereocenters. The van der Waals surface area contributed by atoms with Crippen LogP contribution in [-0.4, -0.2) is 31.8 Å². The minimum absolute atomic E-state index is 0.0309. The molecule has 0 radical (unpaired) electrons. The van der Waals surface area contributed by atoms with Crippen molar-refractivity contribution in [2.75, 3.05) is 0 Å². The first kappa shape index (κ1) is 15.0. The quantitative estimate of drug-likeness (QED) is 0.867. The van der Waals surface area contributed by atoms with Crippen LogP contribution in [0.3, 0.4) is 0 Å². The third-order valence-electron chi connectivity index (χ3n) is 2.86. The monoisotopic (exact) mass is 289 g/mol. The number of nitrogens with one attached hydrogen (secondary N) is 1. The summed E-state index contributed by atoms with van der Waals surface area (Å²) in [5.41, 5.74) is 0.838. The summed E-state index contributed by atoms with van der Waals surface area (Å²) in [6.07, 6.45) is 4.62. The molecular formula is C14H19N5O2. The van der Waals surface area contributed by atoms with Crippen LogP contribution >= 0.6 is 0 Å². The van der Waals surface area contributed by atoms with Gasteiger partial charge in [0, 0.05) is 18.3 Å². The summed E-state index contributed by atoms with van der Waals surface area (Å²) in [5, 5.41) is 6.81. The van der Waals surface area contributed by atoms with E-state index in [1.807, 2.05) is 26.0 Å². The lowest BCUT2D eigenvalue weighted by Gasteiger charge is -2.15. The van der Waals surface area contributed by atoms with E-state index >= 15 is 0 Å². The Morgan fingerprint density at radius 2 is 2.24 bits per heavy atom. The minimum Gasteiger partial charge on any atom is -0.475 e. The summed E-state index contributed by atoms with van der Waals surface area (Å²) in [6, 6.07) is 3.28. The molecular weight excluding hydrogens is 270 g/mol. The van der Waals surface area contributed by atoms with Gasteiger partial charge in [0.2, 0.25) is 11.8 Å². The number of hydrogen-bond acceptors (Lipinski definition) is 5. The second-order valence-electron chi connectivity index (χ2n) is 4.90. The van der Waals surface area contributed by atoms with E-state index in [1.54, 1.807) is 13.1 Å². The van der Waals surface area contributed by atoms with Crippen molar-refractivity contribution in [2.24, 2.45) is 0 Å². The summed E-state index contributed by atoms with van der Waals surface area (Å²) in [4.78, 5) is 20.1. The van der Waals surface area contributed by atoms with Gasteiger partial charge in [-0.3, -0.25) is 4.79 Å². The number of aromatic nitrogens is 4. The molecule has 1 N–H and O–H groups in total. The van der Waals surface area contributed by atoms with E-state index in [2.05, 4.69) is 20.4 Å². The SMILES string of the molecule is CC(C)Oc1ncccc1CNC(=O)[C@@H](C)n1cncn1. The molecule has 1 amide bonds. The lowest BCUT2D eigenvalue weighted by molar-refractivity contribution is -0.124. The molecule has 2 aromatic heterocycles. The first-order chi connectivity index (χ1) is 10.1. The van der Waals surface area contributed by atoms with Crippen LogP contribution in [0.25, 0.3) is 0 Å². The highest BCUT2D eigenvalue weighted by atomic mass is 16.5. The van der Waals surface area contributed by atoms with Crippen molar-refractivity contribution in [3.8, 4) is 5.88 Å². The summed E-state index contributed by atoms with van der Waals surface area (Å²) >= 11 is 0. The average molecular weight is 289 g/mol. The van der Waals surface area contributed by atoms with E-state index in [-0.39, 0.29) is 12.0 Å². The number of rotatable bonds is 6. The van der Waals surface area contributed by atoms with E-state index in [9.17, 15) is 4.79 Å². The highest BCUT2D eigenvalue weighted by Crippen LogP contribution is 2.16. The van der Waals surface area contributed by atoms with Gasteiger partial charge in [-0.1, -0.05) is 6.07 Å². The summed E-state index contributed by atoms with van der Waals surface area (Å²) in [6.45, 7) is 5.99. The van der Waals surface area contributed by atoms with Crippen LogP contribution in [0.2, 0.25) is 0 Å². The maximum Gasteiger partial charge on any atom is 0.244 e. The highest BCUT2D eigenvalue weighted by Gasteiger charge is 2.16. The molecule has 0 unspecified atom stereocenters. The molecule has 0 aromatic carbocycles. The first-order valence-electron chi connectivity index (χ1n) is 6.80. The second-order valence-corrected chi connectivity index (χ2v) is 4.90. The van der Waals surface area contributed by atoms with Gasteiger partial charge >= 0.3 is 0 Å². The molecule has 7 nitrogen and oxygen atoms in total. The first-order valence-corrected chi connectivity index (χ1v) is 6.80. The van der Waals surface area contributed by atoms with E-state index in [1.165, 1.54) is 17.3 Å². The van der Waals surface area contributed by atoms with Gasteiger partial charge in [-0.05, 0) is 26.8 Å². The van der Waals surface area contributed by atoms with Crippen LogP contribution in [0.5, 0.6) is 5.88 Å². The zero-order chi connectivity index (χ0) is 15.2. The molecule has 112 valence electrons. The third-order valence-corrected chi connectivity index (χ3v) is 2.86. The third kappa shape index (κ3) is 4.01. The van der Waals surface area contributed by atoms with Gasteiger partial charge in [-0.2, -0.15) is 5.10 Å². The number of pyridine rings is 1. The molecule has 0 saturated carbocycles. The fraction of sp³-hybridized carbons (Fsp3) is 0.429. The van der Waals surface area contributed by atoms with Gasteiger partial charge in [0.25, 0.3) is 0 Å². The number of ether oxygens (including phenoxy) is 1. The van der Waals surface area contributed by atoms with Crippen LogP contribution in [0, 0.1) is 0 Å². The van der Waals surface area contributed by atoms with Crippen molar-refractivity contribution in [1.29, 1.82) is 0 Å². The fourth-order valence-corrected chi connectivity index (χ4v) is 1.76. The molecule has 0 aliphatic rings. The molecule has 2 rings (SSSR count). The van der Waals surface area contributed by atoms with Gasteiger partial charge in [-0.15, -0.1) is 0 Å². The maximum atomic E-state index is 12.1. The van der Waals surface area contributed by atoms with E-state index < -0.39 is 6.04 Å². The predicted molar refractivity (Wildman–Crippen MR) is 76.6 cm³/mol. The molecule has 7 heteroatoms. The maximum absolute atomic E-state index is 12.1. The van der Waals surface area contributed by atoms with Gasteiger partial charge < -0.3 is 10.1 Å². The van der Waals surface area contributed by atoms with Crippen molar-refractivity contribution in [3.05, 3.63) is 36.5 Å². The van der Waals surface area contributed by atoms with Crippen molar-refractivity contribution in [1.82, 2.24) is 25.1 Å². The molecule has 0 aliphatic carbocycles. The number of hydrogen-bond donors (Lipinski definition) is 1. The zero-order valence-electron chi connectivity index (χ0n) is 12.4. The Morgan fingerprint density at radius 3 is 2.90 bits per heavy atom. The number of carbonyl (C=O) groups excluding carboxylic acids is 1. The molecule has 0 spiro atoms. The Morgan fingerprint density at radius 1 is 1.43 bits per heavy atom. The lowest BCUT2D eigenvalue weighted by atomic mass is 10.2. The Balaban J connectivity index is 1.98. The standard InChI is InChI=1S/C14H19N5O2/c1-10(2)21-14-12(5-4-6-16-14)7-17-13(20)11(3)19-9-15-8-18-19/h4-6,8-11H,7H2,1-3H3,(H,17,20)/t11-/m1/s1. The molecule has 0 fully saturated rings. The largest absolute Gasteiger partial charge is 0.475 e. The summed E-state index contributed by atoms with van der Waals surface area (Å²) in [7, 11) is 0. The summed E-state index contributed by atoms with van der Waals surface area (Å²) < 4.78 is 7.12. The van der Waals surface area contributed by atoms with Crippen molar-refractivity contribution < 1.29 is 9.53 Å². The predicted octanol–water partition coefficient (Wildman–Crippen LogP) is 1.34. The topological polar surface area (TPSA) is 81.9 Å². The normalized spacial score (nSPS) is 12.2. The Labute approximate surface area is 123 Å². The molecule has 0 saturated heterocycles. The van der Waals surface area contributed by atoms with Crippen molar-refractivity contribution >= 4 is 5.91 Å². The Hall–Kier alpha value is -2.44. The molecule has 2 aromatic rings. The van der Waals surface area contributed by atoms with Crippen LogP contribution < -0.4 is 10.1 Å². The van der Waals surface area contributed by atoms with Crippen molar-refractivity contribution in [2.45, 2.75) is 39.5 Å². The number of nitrogens with zero attached hydrogens (tertiary/aromatic N) is 4. The molecule has 21 heavy (non-hydrogen) atoms. The molecule has 0 aliphatic heterocycles. The zero-order valence-corrected chi connectivity index (χ0v) is 12.4. The van der Waals surface area contributed by atoms with E-state index in [4.69, 9.17) is 4.74 Å². The van der Waals surface area contributed by atoms with E-state index in [0.717, 1.165) is 5.56 Å². The van der Waals surface area contributed by atoms with Crippen LogP contribution in [0.1, 0.15) is 32.4 Å². The van der Waals surface area contributed by atoms with Gasteiger partial charge in [0.05, 0.1) is 6.10 Å². The van der Waals surface area contributed by atoms with Crippen LogP contribution in [0.4, 0.5) is 0 Å². The minimum atomic E-state index is -0.418. The second kappa shape index (κ2) is 6.83. The Kier molecular flexibility index (Phi) is 4.86. The lowest BCUT2D eigenvalue weighted by Crippen LogP contribution is -2.31. The van der Waals surface area contributed by atoms with Gasteiger partial charge in [0.15, 0.2) is 0 Å². The van der Waals surface area contributed by atoms with Crippen LogP contribution in [-0.2, 0) is 11.3 Å². The van der Waals surface area contributed by atoms with Gasteiger partial charge in [0.1, 0.15) is 18.7 Å². The summed E-state index contributed by atoms with van der Waals surface area (Å²) in [5.74, 6) is 0.404. The molecule has 0 bridgehead atoms. The molecule has 2 heterocycles. The van der Waals surface area contributed by atoms with Crippen molar-refractivity contribution in [3.63, 3.8) is 0 Å².